The quantitative estimate of drug-likeness (QED) is 0.356. The molecule has 0 aliphatic heterocycles. The Morgan fingerprint density at radius 1 is 0.833 bits per heavy atom. The van der Waals surface area contributed by atoms with Crippen LogP contribution < -0.4 is 0 Å². The number of pyridine rings is 2. The Hall–Kier alpha value is -2.49. The predicted molar refractivity (Wildman–Crippen MR) is 95.9 cm³/mol. The zero-order valence-corrected chi connectivity index (χ0v) is 13.7. The van der Waals surface area contributed by atoms with Crippen LogP contribution in [-0.4, -0.2) is 15.8 Å². The van der Waals surface area contributed by atoms with E-state index in [0.29, 0.717) is 21.3 Å². The molecule has 0 spiro atoms. The normalized spacial score (nSPS) is 12.7. The van der Waals surface area contributed by atoms with Crippen LogP contribution in [0, 0.1) is 0 Å². The van der Waals surface area contributed by atoms with Gasteiger partial charge in [-0.3, -0.25) is 9.78 Å². The molecule has 0 amide bonds. The van der Waals surface area contributed by atoms with E-state index in [9.17, 15) is 4.79 Å². The largest absolute Gasteiger partial charge is 0.287 e. The number of nitrogens with zero attached hydrogens (tertiary/aromatic N) is 2. The second-order valence-corrected chi connectivity index (χ2v) is 6.52. The third kappa shape index (κ3) is 1.71. The summed E-state index contributed by atoms with van der Waals surface area (Å²) in [6.45, 7) is 0. The first-order valence-corrected chi connectivity index (χ1v) is 8.12. The molecule has 3 nitrogen and oxygen atoms in total. The van der Waals surface area contributed by atoms with Gasteiger partial charge in [0.2, 0.25) is 5.78 Å². The molecule has 1 aliphatic carbocycles. The van der Waals surface area contributed by atoms with E-state index in [1.807, 2.05) is 30.3 Å². The number of carbonyl (C=O) groups excluding carboxylic acids is 1. The molecule has 2 heterocycles. The van der Waals surface area contributed by atoms with Crippen molar-refractivity contribution in [3.8, 4) is 11.3 Å². The average Bonchev–Trinajstić information content (AvgIpc) is 2.61. The van der Waals surface area contributed by atoms with E-state index >= 15 is 0 Å². The lowest BCUT2D eigenvalue weighted by Crippen LogP contribution is -2.12. The third-order valence-electron chi connectivity index (χ3n) is 4.39. The smallest absolute Gasteiger partial charge is 0.212 e. The Bertz CT molecular complexity index is 1200. The van der Waals surface area contributed by atoms with E-state index in [1.165, 1.54) is 0 Å². The van der Waals surface area contributed by atoms with Gasteiger partial charge in [0.1, 0.15) is 5.69 Å². The molecule has 0 saturated carbocycles. The molecule has 1 aliphatic rings. The van der Waals surface area contributed by atoms with Crippen LogP contribution in [0.4, 0.5) is 0 Å². The molecule has 4 aromatic rings. The molecule has 0 saturated heterocycles. The Morgan fingerprint density at radius 2 is 1.58 bits per heavy atom. The van der Waals surface area contributed by atoms with Gasteiger partial charge in [0.25, 0.3) is 0 Å². The summed E-state index contributed by atoms with van der Waals surface area (Å²) < 4.78 is 0. The minimum Gasteiger partial charge on any atom is -0.287 e. The predicted octanol–water partition coefficient (Wildman–Crippen LogP) is 5.30. The Morgan fingerprint density at radius 3 is 2.42 bits per heavy atom. The molecular formula is C19H8Cl2N2O. The molecular weight excluding hydrogens is 343 g/mol. The number of halogens is 2. The monoisotopic (exact) mass is 350 g/mol. The SMILES string of the molecule is O=C1c2ccccc2-c2nc3cc(Cl)c(Cl)cc3c3ccnc1c23. The summed E-state index contributed by atoms with van der Waals surface area (Å²) in [5, 5.41) is 3.45. The van der Waals surface area contributed by atoms with Crippen LogP contribution in [0.25, 0.3) is 32.9 Å². The molecule has 0 atom stereocenters. The summed E-state index contributed by atoms with van der Waals surface area (Å²) in [5.74, 6) is -0.0788. The number of benzene rings is 2. The van der Waals surface area contributed by atoms with Crippen molar-refractivity contribution in [2.24, 2.45) is 0 Å². The first-order valence-electron chi connectivity index (χ1n) is 7.37. The number of rotatable bonds is 0. The fourth-order valence-electron chi connectivity index (χ4n) is 3.33. The van der Waals surface area contributed by atoms with Gasteiger partial charge in [-0.2, -0.15) is 0 Å². The van der Waals surface area contributed by atoms with E-state index in [-0.39, 0.29) is 5.78 Å². The van der Waals surface area contributed by atoms with Crippen molar-refractivity contribution in [3.05, 3.63) is 70.0 Å². The molecule has 2 aromatic carbocycles. The minimum atomic E-state index is -0.0788. The number of aromatic nitrogens is 2. The summed E-state index contributed by atoms with van der Waals surface area (Å²) in [5.41, 5.74) is 3.38. The van der Waals surface area contributed by atoms with Gasteiger partial charge in [-0.1, -0.05) is 47.5 Å². The number of carbonyl (C=O) groups is 1. The van der Waals surface area contributed by atoms with Gasteiger partial charge >= 0.3 is 0 Å². The van der Waals surface area contributed by atoms with Crippen LogP contribution in [-0.2, 0) is 0 Å². The first kappa shape index (κ1) is 13.9. The maximum atomic E-state index is 12.8. The fraction of sp³-hybridized carbons (Fsp3) is 0. The standard InChI is InChI=1S/C19H8Cl2N2O/c20-13-7-12-9-5-6-22-18-16(9)17(23-15(12)8-14(13)21)10-3-1-2-4-11(10)19(18)24/h1-8H. The maximum absolute atomic E-state index is 12.8. The highest BCUT2D eigenvalue weighted by Crippen LogP contribution is 2.41. The molecule has 24 heavy (non-hydrogen) atoms. The van der Waals surface area contributed by atoms with Gasteiger partial charge in [0.05, 0.1) is 21.3 Å². The highest BCUT2D eigenvalue weighted by Gasteiger charge is 2.28. The third-order valence-corrected chi connectivity index (χ3v) is 5.11. The van der Waals surface area contributed by atoms with Crippen LogP contribution in [0.5, 0.6) is 0 Å². The van der Waals surface area contributed by atoms with E-state index < -0.39 is 0 Å². The van der Waals surface area contributed by atoms with Crippen LogP contribution in [0.3, 0.4) is 0 Å². The Balaban J connectivity index is 2.07. The summed E-state index contributed by atoms with van der Waals surface area (Å²) in [6, 6.07) is 12.9. The van der Waals surface area contributed by atoms with Crippen LogP contribution in [0.2, 0.25) is 10.0 Å². The lowest BCUT2D eigenvalue weighted by molar-refractivity contribution is 0.103. The van der Waals surface area contributed by atoms with Crippen molar-refractivity contribution in [2.45, 2.75) is 0 Å². The molecule has 0 bridgehead atoms. The van der Waals surface area contributed by atoms with Crippen LogP contribution >= 0.6 is 23.2 Å². The van der Waals surface area contributed by atoms with E-state index in [0.717, 1.165) is 32.9 Å². The zero-order valence-electron chi connectivity index (χ0n) is 12.2. The van der Waals surface area contributed by atoms with E-state index in [1.54, 1.807) is 18.3 Å². The van der Waals surface area contributed by atoms with Crippen molar-refractivity contribution in [1.82, 2.24) is 9.97 Å². The summed E-state index contributed by atoms with van der Waals surface area (Å²) in [4.78, 5) is 21.9. The maximum Gasteiger partial charge on any atom is 0.212 e. The van der Waals surface area contributed by atoms with Crippen molar-refractivity contribution >= 4 is 50.7 Å². The van der Waals surface area contributed by atoms with Gasteiger partial charge in [0.15, 0.2) is 0 Å². The van der Waals surface area contributed by atoms with Crippen molar-refractivity contribution in [2.75, 3.05) is 0 Å². The Kier molecular flexibility index (Phi) is 2.76. The molecule has 0 radical (unpaired) electrons. The molecule has 5 rings (SSSR count). The topological polar surface area (TPSA) is 42.9 Å². The number of hydrogen-bond acceptors (Lipinski definition) is 3. The molecule has 5 heteroatoms. The van der Waals surface area contributed by atoms with Gasteiger partial charge in [0, 0.05) is 28.1 Å². The van der Waals surface area contributed by atoms with Crippen LogP contribution in [0.1, 0.15) is 16.1 Å². The number of fused-ring (bicyclic) bond motifs is 4. The highest BCUT2D eigenvalue weighted by atomic mass is 35.5. The lowest BCUT2D eigenvalue weighted by atomic mass is 9.87. The summed E-state index contributed by atoms with van der Waals surface area (Å²) in [7, 11) is 0. The molecule has 2 aromatic heterocycles. The highest BCUT2D eigenvalue weighted by molar-refractivity contribution is 6.43. The van der Waals surface area contributed by atoms with Gasteiger partial charge in [-0.15, -0.1) is 0 Å². The number of ketones is 1. The molecule has 0 N–H and O–H groups in total. The van der Waals surface area contributed by atoms with Gasteiger partial charge in [-0.05, 0) is 23.6 Å². The minimum absolute atomic E-state index is 0.0788. The Labute approximate surface area is 146 Å². The van der Waals surface area contributed by atoms with E-state index in [2.05, 4.69) is 4.98 Å². The summed E-state index contributed by atoms with van der Waals surface area (Å²) in [6.07, 6.45) is 1.65. The van der Waals surface area contributed by atoms with Crippen molar-refractivity contribution in [1.29, 1.82) is 0 Å². The van der Waals surface area contributed by atoms with E-state index in [4.69, 9.17) is 28.2 Å². The van der Waals surface area contributed by atoms with Gasteiger partial charge in [-0.25, -0.2) is 4.98 Å². The molecule has 0 unspecified atom stereocenters. The van der Waals surface area contributed by atoms with Crippen molar-refractivity contribution in [3.63, 3.8) is 0 Å². The van der Waals surface area contributed by atoms with Crippen LogP contribution in [0.15, 0.2) is 48.7 Å². The molecule has 114 valence electrons. The lowest BCUT2D eigenvalue weighted by Gasteiger charge is -2.19. The zero-order chi connectivity index (χ0) is 16.4. The second-order valence-electron chi connectivity index (χ2n) is 5.70. The molecule has 0 fully saturated rings. The fourth-order valence-corrected chi connectivity index (χ4v) is 3.65. The first-order chi connectivity index (χ1) is 11.6. The van der Waals surface area contributed by atoms with Gasteiger partial charge < -0.3 is 0 Å². The average molecular weight is 351 g/mol. The second kappa shape index (κ2) is 4.76. The summed E-state index contributed by atoms with van der Waals surface area (Å²) >= 11 is 12.3. The number of hydrogen-bond donors (Lipinski definition) is 0. The van der Waals surface area contributed by atoms with Crippen molar-refractivity contribution < 1.29 is 4.79 Å².